The van der Waals surface area contributed by atoms with Crippen molar-refractivity contribution in [3.63, 3.8) is 0 Å². The quantitative estimate of drug-likeness (QED) is 0.192. The molecule has 0 aromatic heterocycles. The molecule has 3 amide bonds. The molecule has 4 rings (SSSR count). The summed E-state index contributed by atoms with van der Waals surface area (Å²) in [5.41, 5.74) is 9.29. The van der Waals surface area contributed by atoms with E-state index in [0.717, 1.165) is 5.56 Å². The van der Waals surface area contributed by atoms with Crippen LogP contribution in [0.25, 0.3) is 0 Å². The van der Waals surface area contributed by atoms with Crippen LogP contribution in [0, 0.1) is 5.92 Å². The van der Waals surface area contributed by atoms with Gasteiger partial charge in [0.2, 0.25) is 11.8 Å². The molecule has 0 fully saturated rings. The van der Waals surface area contributed by atoms with Crippen molar-refractivity contribution in [2.45, 2.75) is 12.8 Å². The molecule has 4 aromatic rings. The zero-order chi connectivity index (χ0) is 26.2. The maximum Gasteiger partial charge on any atom is 0.255 e. The smallest absolute Gasteiger partial charge is 0.255 e. The molecule has 0 heterocycles. The largest absolute Gasteiger partial charge is 0.397 e. The predicted octanol–water partition coefficient (Wildman–Crippen LogP) is 5.52. The summed E-state index contributed by atoms with van der Waals surface area (Å²) >= 11 is 0. The number of amides is 3. The average Bonchev–Trinajstić information content (AvgIpc) is 2.91. The number of nitrogens with two attached hydrogens (primary N) is 1. The Hall–Kier alpha value is -4.91. The number of benzene rings is 4. The minimum absolute atomic E-state index is 0.308. The topological polar surface area (TPSA) is 113 Å². The highest BCUT2D eigenvalue weighted by atomic mass is 16.2. The summed E-state index contributed by atoms with van der Waals surface area (Å²) in [7, 11) is 0. The Morgan fingerprint density at radius 1 is 0.622 bits per heavy atom. The molecule has 37 heavy (non-hydrogen) atoms. The maximum absolute atomic E-state index is 13.3. The summed E-state index contributed by atoms with van der Waals surface area (Å²) in [5, 5.41) is 8.49. The minimum Gasteiger partial charge on any atom is -0.397 e. The van der Waals surface area contributed by atoms with Crippen molar-refractivity contribution in [1.29, 1.82) is 0 Å². The van der Waals surface area contributed by atoms with Crippen LogP contribution in [-0.4, -0.2) is 17.7 Å². The Balaban J connectivity index is 1.54. The molecule has 0 radical (unpaired) electrons. The Morgan fingerprint density at radius 3 is 1.62 bits per heavy atom. The monoisotopic (exact) mass is 492 g/mol. The molecule has 1 atom stereocenters. The van der Waals surface area contributed by atoms with Gasteiger partial charge in [-0.05, 0) is 54.1 Å². The third-order valence-corrected chi connectivity index (χ3v) is 6.06. The fraction of sp³-hybridized carbons (Fsp3) is 0.100. The number of para-hydroxylation sites is 4. The number of nitrogen functional groups attached to an aromatic ring is 1. The molecule has 4 aromatic carbocycles. The predicted molar refractivity (Wildman–Crippen MR) is 147 cm³/mol. The number of carbonyl (C=O) groups is 3. The highest BCUT2D eigenvalue weighted by Crippen LogP contribution is 2.28. The fourth-order valence-corrected chi connectivity index (χ4v) is 3.99. The van der Waals surface area contributed by atoms with E-state index >= 15 is 0 Å². The van der Waals surface area contributed by atoms with Crippen molar-refractivity contribution < 1.29 is 14.4 Å². The van der Waals surface area contributed by atoms with Crippen LogP contribution < -0.4 is 21.7 Å². The second-order valence-corrected chi connectivity index (χ2v) is 8.64. The lowest BCUT2D eigenvalue weighted by molar-refractivity contribution is -0.130. The maximum atomic E-state index is 13.3. The van der Waals surface area contributed by atoms with Crippen LogP contribution in [0.15, 0.2) is 109 Å². The van der Waals surface area contributed by atoms with Gasteiger partial charge in [-0.3, -0.25) is 14.4 Å². The van der Waals surface area contributed by atoms with E-state index in [0.29, 0.717) is 28.3 Å². The van der Waals surface area contributed by atoms with Gasteiger partial charge in [0.15, 0.2) is 0 Å². The second-order valence-electron chi connectivity index (χ2n) is 8.64. The molecule has 0 saturated heterocycles. The normalized spacial score (nSPS) is 11.4. The first-order valence-electron chi connectivity index (χ1n) is 11.9. The van der Waals surface area contributed by atoms with E-state index in [2.05, 4.69) is 16.0 Å². The van der Waals surface area contributed by atoms with Gasteiger partial charge in [-0.2, -0.15) is 0 Å². The lowest BCUT2D eigenvalue weighted by Crippen LogP contribution is -2.37. The van der Waals surface area contributed by atoms with E-state index in [-0.39, 0.29) is 5.91 Å². The van der Waals surface area contributed by atoms with Crippen molar-refractivity contribution in [3.05, 3.63) is 120 Å². The van der Waals surface area contributed by atoms with Crippen LogP contribution in [0.5, 0.6) is 0 Å². The van der Waals surface area contributed by atoms with E-state index in [1.807, 2.05) is 43.3 Å². The molecule has 0 aliphatic carbocycles. The van der Waals surface area contributed by atoms with Crippen LogP contribution >= 0.6 is 0 Å². The van der Waals surface area contributed by atoms with Gasteiger partial charge >= 0.3 is 0 Å². The standard InChI is InChI=1S/C30H28N4O3/c1-20(21-16-18-22(19-17-21)28(35)34-26-15-9-8-14-25(26)31)27(29(36)32-23-10-4-2-5-11-23)30(37)33-24-12-6-3-7-13-24/h2-20,27H,31H2,1H3,(H,32,36)(H,33,37)(H,34,35). The van der Waals surface area contributed by atoms with Gasteiger partial charge in [-0.15, -0.1) is 0 Å². The number of nitrogens with one attached hydrogen (secondary N) is 3. The molecule has 0 aliphatic heterocycles. The first-order valence-corrected chi connectivity index (χ1v) is 11.9. The third-order valence-electron chi connectivity index (χ3n) is 6.06. The Morgan fingerprint density at radius 2 is 1.11 bits per heavy atom. The molecule has 7 nitrogen and oxygen atoms in total. The zero-order valence-electron chi connectivity index (χ0n) is 20.3. The van der Waals surface area contributed by atoms with Crippen molar-refractivity contribution >= 4 is 40.5 Å². The van der Waals surface area contributed by atoms with Gasteiger partial charge in [-0.25, -0.2) is 0 Å². The van der Waals surface area contributed by atoms with Crippen molar-refractivity contribution in [2.75, 3.05) is 21.7 Å². The highest BCUT2D eigenvalue weighted by Gasteiger charge is 2.33. The molecule has 7 heteroatoms. The Labute approximate surface area is 215 Å². The van der Waals surface area contributed by atoms with Crippen molar-refractivity contribution in [2.24, 2.45) is 5.92 Å². The first kappa shape index (κ1) is 25.2. The summed E-state index contributed by atoms with van der Waals surface area (Å²) in [6.45, 7) is 1.82. The molecule has 0 aliphatic rings. The Kier molecular flexibility index (Phi) is 7.95. The number of rotatable bonds is 8. The molecule has 0 spiro atoms. The lowest BCUT2D eigenvalue weighted by atomic mass is 9.85. The van der Waals surface area contributed by atoms with E-state index in [9.17, 15) is 14.4 Å². The third kappa shape index (κ3) is 6.41. The molecule has 1 unspecified atom stereocenters. The van der Waals surface area contributed by atoms with Crippen LogP contribution in [0.1, 0.15) is 28.8 Å². The highest BCUT2D eigenvalue weighted by molar-refractivity contribution is 6.11. The summed E-state index contributed by atoms with van der Waals surface area (Å²) in [6.07, 6.45) is 0. The van der Waals surface area contributed by atoms with Crippen LogP contribution in [-0.2, 0) is 9.59 Å². The van der Waals surface area contributed by atoms with E-state index in [1.54, 1.807) is 72.8 Å². The summed E-state index contributed by atoms with van der Waals surface area (Å²) in [4.78, 5) is 39.4. The van der Waals surface area contributed by atoms with Gasteiger partial charge < -0.3 is 21.7 Å². The zero-order valence-corrected chi connectivity index (χ0v) is 20.3. The molecule has 0 bridgehead atoms. The van der Waals surface area contributed by atoms with Gasteiger partial charge in [0.25, 0.3) is 5.91 Å². The van der Waals surface area contributed by atoms with E-state index < -0.39 is 23.7 Å². The molecule has 5 N–H and O–H groups in total. The first-order chi connectivity index (χ1) is 17.9. The fourth-order valence-electron chi connectivity index (χ4n) is 3.99. The number of carbonyl (C=O) groups excluding carboxylic acids is 3. The van der Waals surface area contributed by atoms with Gasteiger partial charge in [-0.1, -0.05) is 67.6 Å². The van der Waals surface area contributed by atoms with Crippen LogP contribution in [0.4, 0.5) is 22.7 Å². The molecular formula is C30H28N4O3. The molecule has 186 valence electrons. The van der Waals surface area contributed by atoms with E-state index in [4.69, 9.17) is 5.73 Å². The van der Waals surface area contributed by atoms with E-state index in [1.165, 1.54) is 0 Å². The van der Waals surface area contributed by atoms with Crippen LogP contribution in [0.2, 0.25) is 0 Å². The van der Waals surface area contributed by atoms with Gasteiger partial charge in [0.05, 0.1) is 11.4 Å². The Bertz CT molecular complexity index is 1320. The van der Waals surface area contributed by atoms with Crippen LogP contribution in [0.3, 0.4) is 0 Å². The van der Waals surface area contributed by atoms with Gasteiger partial charge in [0.1, 0.15) is 5.92 Å². The lowest BCUT2D eigenvalue weighted by Gasteiger charge is -2.23. The molecular weight excluding hydrogens is 464 g/mol. The SMILES string of the molecule is CC(c1ccc(C(=O)Nc2ccccc2N)cc1)C(C(=O)Nc1ccccc1)C(=O)Nc1ccccc1. The average molecular weight is 493 g/mol. The summed E-state index contributed by atoms with van der Waals surface area (Å²) < 4.78 is 0. The number of anilines is 4. The summed E-state index contributed by atoms with van der Waals surface area (Å²) in [5.74, 6) is -2.65. The number of hydrogen-bond acceptors (Lipinski definition) is 4. The minimum atomic E-state index is -1.02. The summed E-state index contributed by atoms with van der Waals surface area (Å²) in [6, 6.07) is 31.9. The van der Waals surface area contributed by atoms with Crippen molar-refractivity contribution in [1.82, 2.24) is 0 Å². The molecule has 0 saturated carbocycles. The van der Waals surface area contributed by atoms with Crippen molar-refractivity contribution in [3.8, 4) is 0 Å². The van der Waals surface area contributed by atoms with Gasteiger partial charge in [0, 0.05) is 22.9 Å². The number of hydrogen-bond donors (Lipinski definition) is 4. The second kappa shape index (κ2) is 11.7.